The van der Waals surface area contributed by atoms with Crippen LogP contribution < -0.4 is 0 Å². The zero-order valence-corrected chi connectivity index (χ0v) is 13.8. The average Bonchev–Trinajstić information content (AvgIpc) is 2.48. The van der Waals surface area contributed by atoms with E-state index in [-0.39, 0.29) is 36.6 Å². The highest BCUT2D eigenvalue weighted by Crippen LogP contribution is 2.44. The van der Waals surface area contributed by atoms with E-state index >= 15 is 0 Å². The van der Waals surface area contributed by atoms with E-state index in [4.69, 9.17) is 9.47 Å². The van der Waals surface area contributed by atoms with Crippen molar-refractivity contribution in [3.8, 4) is 0 Å². The Hall–Kier alpha value is -0.420. The summed E-state index contributed by atoms with van der Waals surface area (Å²) < 4.78 is 12.5. The molecule has 0 aromatic carbocycles. The number of aliphatic hydroxyl groups is 2. The molecule has 0 aromatic rings. The van der Waals surface area contributed by atoms with Gasteiger partial charge in [0, 0.05) is 30.3 Å². The van der Waals surface area contributed by atoms with Crippen molar-refractivity contribution in [2.75, 3.05) is 6.61 Å². The standard InChI is InChI=1S/C17H30O4/c1-6-14-7-8-17(20-13(14)5)12(4)15(19)11(3)16(21-17)10(2)9-18/h7-8,10-16,18-19H,6,9H2,1-5H3/t10-,11-,12-,13+,14-,15+,16-,17-/m0/s1. The van der Waals surface area contributed by atoms with Crippen LogP contribution >= 0.6 is 0 Å². The zero-order chi connectivity index (χ0) is 15.8. The van der Waals surface area contributed by atoms with Crippen molar-refractivity contribution in [1.82, 2.24) is 0 Å². The van der Waals surface area contributed by atoms with Crippen LogP contribution in [-0.2, 0) is 9.47 Å². The first-order chi connectivity index (χ1) is 9.86. The van der Waals surface area contributed by atoms with E-state index in [2.05, 4.69) is 19.9 Å². The summed E-state index contributed by atoms with van der Waals surface area (Å²) in [6.07, 6.45) is 4.51. The zero-order valence-electron chi connectivity index (χ0n) is 13.8. The van der Waals surface area contributed by atoms with Crippen LogP contribution in [0.4, 0.5) is 0 Å². The fraction of sp³-hybridized carbons (Fsp3) is 0.882. The van der Waals surface area contributed by atoms with E-state index in [1.807, 2.05) is 26.8 Å². The fourth-order valence-electron chi connectivity index (χ4n) is 3.68. The molecule has 1 spiro atoms. The molecule has 2 aliphatic rings. The molecule has 2 heterocycles. The van der Waals surface area contributed by atoms with Gasteiger partial charge < -0.3 is 19.7 Å². The second-order valence-electron chi connectivity index (χ2n) is 6.86. The second kappa shape index (κ2) is 6.37. The van der Waals surface area contributed by atoms with Crippen LogP contribution in [0.2, 0.25) is 0 Å². The third-order valence-electron chi connectivity index (χ3n) is 5.39. The van der Waals surface area contributed by atoms with Gasteiger partial charge in [0.1, 0.15) is 0 Å². The van der Waals surface area contributed by atoms with Gasteiger partial charge in [-0.3, -0.25) is 0 Å². The van der Waals surface area contributed by atoms with Gasteiger partial charge in [0.25, 0.3) is 0 Å². The van der Waals surface area contributed by atoms with E-state index in [0.717, 1.165) is 6.42 Å². The smallest absolute Gasteiger partial charge is 0.193 e. The predicted molar refractivity (Wildman–Crippen MR) is 81.7 cm³/mol. The minimum atomic E-state index is -0.870. The van der Waals surface area contributed by atoms with Gasteiger partial charge in [-0.15, -0.1) is 0 Å². The highest BCUT2D eigenvalue weighted by atomic mass is 16.7. The van der Waals surface area contributed by atoms with Gasteiger partial charge in [-0.05, 0) is 19.4 Å². The van der Waals surface area contributed by atoms with Crippen LogP contribution in [0.25, 0.3) is 0 Å². The molecule has 4 heteroatoms. The monoisotopic (exact) mass is 298 g/mol. The third-order valence-corrected chi connectivity index (χ3v) is 5.39. The quantitative estimate of drug-likeness (QED) is 0.785. The van der Waals surface area contributed by atoms with Crippen LogP contribution in [0.3, 0.4) is 0 Å². The molecule has 0 amide bonds. The molecule has 1 fully saturated rings. The van der Waals surface area contributed by atoms with E-state index < -0.39 is 11.9 Å². The fourth-order valence-corrected chi connectivity index (χ4v) is 3.68. The first kappa shape index (κ1) is 16.9. The Balaban J connectivity index is 2.30. The Bertz CT molecular complexity index is 383. The number of aliphatic hydroxyl groups excluding tert-OH is 2. The van der Waals surface area contributed by atoms with Crippen LogP contribution in [0.1, 0.15) is 41.0 Å². The Kier molecular flexibility index (Phi) is 5.14. The highest BCUT2D eigenvalue weighted by Gasteiger charge is 2.53. The van der Waals surface area contributed by atoms with Crippen molar-refractivity contribution < 1.29 is 19.7 Å². The molecule has 122 valence electrons. The van der Waals surface area contributed by atoms with Gasteiger partial charge in [-0.25, -0.2) is 0 Å². The molecule has 2 N–H and O–H groups in total. The molecule has 2 rings (SSSR count). The van der Waals surface area contributed by atoms with Gasteiger partial charge in [-0.1, -0.05) is 33.8 Å². The number of hydrogen-bond donors (Lipinski definition) is 2. The predicted octanol–water partition coefficient (Wildman–Crippen LogP) is 2.34. The lowest BCUT2D eigenvalue weighted by Crippen LogP contribution is -2.61. The molecule has 0 bridgehead atoms. The van der Waals surface area contributed by atoms with Crippen LogP contribution in [-0.4, -0.2) is 40.9 Å². The number of ether oxygens (including phenoxy) is 2. The summed E-state index contributed by atoms with van der Waals surface area (Å²) in [5.74, 6) is -0.674. The number of rotatable bonds is 3. The van der Waals surface area contributed by atoms with Crippen LogP contribution in [0.5, 0.6) is 0 Å². The third kappa shape index (κ3) is 2.91. The Morgan fingerprint density at radius 1 is 1.24 bits per heavy atom. The minimum Gasteiger partial charge on any atom is -0.396 e. The molecule has 2 aliphatic heterocycles. The minimum absolute atomic E-state index is 0.0241. The van der Waals surface area contributed by atoms with Crippen molar-refractivity contribution in [1.29, 1.82) is 0 Å². The summed E-state index contributed by atoms with van der Waals surface area (Å²) in [5.41, 5.74) is 0. The van der Waals surface area contributed by atoms with Gasteiger partial charge >= 0.3 is 0 Å². The lowest BCUT2D eigenvalue weighted by atomic mass is 9.76. The summed E-state index contributed by atoms with van der Waals surface area (Å²) >= 11 is 0. The highest BCUT2D eigenvalue weighted by molar-refractivity contribution is 5.11. The summed E-state index contributed by atoms with van der Waals surface area (Å²) in [7, 11) is 0. The van der Waals surface area contributed by atoms with E-state index in [0.29, 0.717) is 5.92 Å². The molecular weight excluding hydrogens is 268 g/mol. The summed E-state index contributed by atoms with van der Waals surface area (Å²) in [6, 6.07) is 0. The lowest BCUT2D eigenvalue weighted by molar-refractivity contribution is -0.337. The van der Waals surface area contributed by atoms with Gasteiger partial charge in [0.15, 0.2) is 5.79 Å². The normalized spacial score (nSPS) is 48.5. The first-order valence-corrected chi connectivity index (χ1v) is 8.20. The summed E-state index contributed by atoms with van der Waals surface area (Å²) in [4.78, 5) is 0. The maximum Gasteiger partial charge on any atom is 0.193 e. The average molecular weight is 298 g/mol. The van der Waals surface area contributed by atoms with Gasteiger partial charge in [0.2, 0.25) is 0 Å². The summed E-state index contributed by atoms with van der Waals surface area (Å²) in [6.45, 7) is 10.2. The van der Waals surface area contributed by atoms with Crippen molar-refractivity contribution in [3.63, 3.8) is 0 Å². The van der Waals surface area contributed by atoms with Crippen LogP contribution in [0, 0.1) is 23.7 Å². The molecule has 0 aromatic heterocycles. The SMILES string of the molecule is CC[C@H]1C=C[C@@]2(O[C@@H]([C@@H](C)CO)[C@@H](C)[C@@H](O)[C@@H]2C)O[C@@H]1C. The Labute approximate surface area is 128 Å². The van der Waals surface area contributed by atoms with E-state index in [1.165, 1.54) is 0 Å². The van der Waals surface area contributed by atoms with Crippen molar-refractivity contribution in [3.05, 3.63) is 12.2 Å². The Morgan fingerprint density at radius 2 is 1.90 bits per heavy atom. The molecule has 0 saturated carbocycles. The van der Waals surface area contributed by atoms with Crippen molar-refractivity contribution in [2.24, 2.45) is 23.7 Å². The lowest BCUT2D eigenvalue weighted by Gasteiger charge is -2.53. The maximum absolute atomic E-state index is 10.6. The van der Waals surface area contributed by atoms with E-state index in [9.17, 15) is 10.2 Å². The molecule has 1 saturated heterocycles. The maximum atomic E-state index is 10.6. The molecule has 8 atom stereocenters. The molecule has 21 heavy (non-hydrogen) atoms. The largest absolute Gasteiger partial charge is 0.396 e. The number of hydrogen-bond acceptors (Lipinski definition) is 4. The first-order valence-electron chi connectivity index (χ1n) is 8.20. The topological polar surface area (TPSA) is 58.9 Å². The van der Waals surface area contributed by atoms with Crippen LogP contribution in [0.15, 0.2) is 12.2 Å². The molecular formula is C17H30O4. The second-order valence-corrected chi connectivity index (χ2v) is 6.86. The Morgan fingerprint density at radius 3 is 2.43 bits per heavy atom. The molecule has 0 radical (unpaired) electrons. The van der Waals surface area contributed by atoms with Gasteiger partial charge in [0.05, 0.1) is 18.3 Å². The molecule has 0 unspecified atom stereocenters. The van der Waals surface area contributed by atoms with E-state index in [1.54, 1.807) is 0 Å². The molecule has 4 nitrogen and oxygen atoms in total. The summed E-state index contributed by atoms with van der Waals surface area (Å²) in [5, 5.41) is 20.1. The van der Waals surface area contributed by atoms with Gasteiger partial charge in [-0.2, -0.15) is 0 Å². The molecule has 0 aliphatic carbocycles. The van der Waals surface area contributed by atoms with Crippen molar-refractivity contribution in [2.45, 2.75) is 65.1 Å². The van der Waals surface area contributed by atoms with Crippen molar-refractivity contribution >= 4 is 0 Å².